The third kappa shape index (κ3) is 1.81. The summed E-state index contributed by atoms with van der Waals surface area (Å²) in [5.74, 6) is 2.59. The van der Waals surface area contributed by atoms with Crippen LogP contribution >= 0.6 is 0 Å². The first kappa shape index (κ1) is 12.9. The summed E-state index contributed by atoms with van der Waals surface area (Å²) in [7, 11) is 1.67. The normalized spacial score (nSPS) is 36.1. The molecule has 1 heterocycles. The molecule has 1 aromatic carbocycles. The van der Waals surface area contributed by atoms with Crippen molar-refractivity contribution in [2.24, 2.45) is 28.8 Å². The van der Waals surface area contributed by atoms with Gasteiger partial charge in [-0.2, -0.15) is 0 Å². The van der Waals surface area contributed by atoms with Crippen molar-refractivity contribution in [3.63, 3.8) is 0 Å². The van der Waals surface area contributed by atoms with E-state index in [1.54, 1.807) is 14.0 Å². The number of carbonyl (C=O) groups is 1. The molecule has 0 radical (unpaired) electrons. The first-order valence-corrected chi connectivity index (χ1v) is 7.57. The molecule has 0 aromatic heterocycles. The van der Waals surface area contributed by atoms with Crippen molar-refractivity contribution < 1.29 is 14.4 Å². The number of rotatable bonds is 3. The van der Waals surface area contributed by atoms with Gasteiger partial charge in [0.2, 0.25) is 0 Å². The van der Waals surface area contributed by atoms with E-state index >= 15 is 0 Å². The lowest BCUT2D eigenvalue weighted by Crippen LogP contribution is -2.36. The topological polar surface area (TPSA) is 47.9 Å². The molecule has 1 aromatic rings. The van der Waals surface area contributed by atoms with Gasteiger partial charge in [0.15, 0.2) is 0 Å². The third-order valence-electron chi connectivity index (χ3n) is 5.43. The van der Waals surface area contributed by atoms with Crippen molar-refractivity contribution in [2.45, 2.75) is 25.9 Å². The monoisotopic (exact) mass is 285 g/mol. The zero-order valence-corrected chi connectivity index (χ0v) is 12.3. The van der Waals surface area contributed by atoms with Gasteiger partial charge in [0.05, 0.1) is 12.8 Å². The molecule has 3 aliphatic rings. The molecule has 110 valence electrons. The Morgan fingerprint density at radius 3 is 2.71 bits per heavy atom. The van der Waals surface area contributed by atoms with E-state index in [0.717, 1.165) is 29.9 Å². The summed E-state index contributed by atoms with van der Waals surface area (Å²) in [4.78, 5) is 17.5. The van der Waals surface area contributed by atoms with Crippen molar-refractivity contribution in [2.75, 3.05) is 7.11 Å². The highest BCUT2D eigenvalue weighted by Crippen LogP contribution is 2.56. The fraction of sp³-hybridized carbons (Fsp3) is 0.529. The minimum Gasteiger partial charge on any atom is -0.497 e. The number of nitrogens with zero attached hydrogens (tertiary/aromatic N) is 1. The lowest BCUT2D eigenvalue weighted by molar-refractivity contribution is -0.124. The van der Waals surface area contributed by atoms with Crippen LogP contribution in [0.15, 0.2) is 29.4 Å². The van der Waals surface area contributed by atoms with E-state index in [1.807, 2.05) is 24.3 Å². The number of carbonyl (C=O) groups excluding carboxylic acids is 1. The maximum absolute atomic E-state index is 11.7. The Hall–Kier alpha value is -1.84. The highest BCUT2D eigenvalue weighted by atomic mass is 16.6. The van der Waals surface area contributed by atoms with E-state index in [2.05, 4.69) is 5.16 Å². The summed E-state index contributed by atoms with van der Waals surface area (Å²) in [6, 6.07) is 7.99. The van der Waals surface area contributed by atoms with Gasteiger partial charge in [-0.05, 0) is 49.9 Å². The molecule has 0 unspecified atom stereocenters. The Labute approximate surface area is 124 Å². The molecule has 2 fully saturated rings. The Bertz CT molecular complexity index is 607. The Morgan fingerprint density at radius 2 is 2.05 bits per heavy atom. The number of hydrogen-bond donors (Lipinski definition) is 0. The number of fused-ring (bicyclic) bond motifs is 5. The minimum atomic E-state index is 0.106. The zero-order valence-electron chi connectivity index (χ0n) is 12.3. The van der Waals surface area contributed by atoms with Gasteiger partial charge in [0, 0.05) is 23.3 Å². The number of ether oxygens (including phenoxy) is 1. The molecule has 21 heavy (non-hydrogen) atoms. The summed E-state index contributed by atoms with van der Waals surface area (Å²) in [5.41, 5.74) is 2.16. The van der Waals surface area contributed by atoms with Crippen LogP contribution in [-0.4, -0.2) is 24.7 Å². The van der Waals surface area contributed by atoms with Crippen LogP contribution < -0.4 is 4.74 Å². The molecule has 0 spiro atoms. The second-order valence-corrected chi connectivity index (χ2v) is 6.41. The first-order chi connectivity index (χ1) is 10.2. The molecule has 1 aliphatic heterocycles. The first-order valence-electron chi connectivity index (χ1n) is 7.57. The van der Waals surface area contributed by atoms with Gasteiger partial charge in [-0.15, -0.1) is 0 Å². The predicted octanol–water partition coefficient (Wildman–Crippen LogP) is 2.66. The van der Waals surface area contributed by atoms with Crippen LogP contribution in [0.4, 0.5) is 0 Å². The molecule has 4 nitrogen and oxygen atoms in total. The quantitative estimate of drug-likeness (QED) is 0.858. The summed E-state index contributed by atoms with van der Waals surface area (Å²) >= 11 is 0. The molecule has 0 N–H and O–H groups in total. The van der Waals surface area contributed by atoms with Crippen molar-refractivity contribution in [1.29, 1.82) is 0 Å². The van der Waals surface area contributed by atoms with Crippen LogP contribution in [0.25, 0.3) is 0 Å². The van der Waals surface area contributed by atoms with Crippen LogP contribution in [0.2, 0.25) is 0 Å². The van der Waals surface area contributed by atoms with Crippen molar-refractivity contribution in [1.82, 2.24) is 0 Å². The predicted molar refractivity (Wildman–Crippen MR) is 78.3 cm³/mol. The van der Waals surface area contributed by atoms with Gasteiger partial charge in [0.1, 0.15) is 17.6 Å². The number of ketones is 1. The van der Waals surface area contributed by atoms with E-state index in [-0.39, 0.29) is 12.0 Å². The van der Waals surface area contributed by atoms with Crippen molar-refractivity contribution in [3.05, 3.63) is 29.8 Å². The molecule has 5 atom stereocenters. The van der Waals surface area contributed by atoms with Gasteiger partial charge in [-0.3, -0.25) is 4.79 Å². The molecule has 0 saturated heterocycles. The van der Waals surface area contributed by atoms with Crippen molar-refractivity contribution in [3.8, 4) is 5.75 Å². The zero-order chi connectivity index (χ0) is 14.6. The van der Waals surface area contributed by atoms with Gasteiger partial charge in [-0.25, -0.2) is 0 Å². The lowest BCUT2D eigenvalue weighted by atomic mass is 9.75. The highest BCUT2D eigenvalue weighted by molar-refractivity contribution is 6.03. The minimum absolute atomic E-state index is 0.106. The van der Waals surface area contributed by atoms with Gasteiger partial charge in [0.25, 0.3) is 0 Å². The van der Waals surface area contributed by atoms with E-state index < -0.39 is 0 Å². The highest BCUT2D eigenvalue weighted by Gasteiger charge is 2.59. The Morgan fingerprint density at radius 1 is 1.29 bits per heavy atom. The lowest BCUT2D eigenvalue weighted by Gasteiger charge is -2.28. The molecular weight excluding hydrogens is 266 g/mol. The van der Waals surface area contributed by atoms with E-state index in [9.17, 15) is 4.79 Å². The molecular formula is C17H19NO3. The maximum Gasteiger partial charge on any atom is 0.139 e. The molecule has 2 aliphatic carbocycles. The number of hydrogen-bond acceptors (Lipinski definition) is 4. The standard InChI is InChI=1S/C17H19NO3/c1-9(19)13-7-11-8-14(13)17-15(11)16(18-21-17)10-3-5-12(20-2)6-4-10/h3-6,11,13-15,17H,7-8H2,1-2H3/t11-,13+,14+,15+,17-/m1/s1. The van der Waals surface area contributed by atoms with Gasteiger partial charge in [-0.1, -0.05) is 5.16 Å². The smallest absolute Gasteiger partial charge is 0.139 e. The second-order valence-electron chi connectivity index (χ2n) is 6.41. The van der Waals surface area contributed by atoms with Gasteiger partial charge < -0.3 is 9.57 Å². The summed E-state index contributed by atoms with van der Waals surface area (Å²) in [6.07, 6.45) is 2.21. The van der Waals surface area contributed by atoms with Crippen LogP contribution in [0.3, 0.4) is 0 Å². The maximum atomic E-state index is 11.7. The number of benzene rings is 1. The molecule has 2 saturated carbocycles. The number of methoxy groups -OCH3 is 1. The fourth-order valence-electron chi connectivity index (χ4n) is 4.48. The number of oxime groups is 1. The van der Waals surface area contributed by atoms with Crippen LogP contribution in [-0.2, 0) is 9.63 Å². The third-order valence-corrected chi connectivity index (χ3v) is 5.43. The van der Waals surface area contributed by atoms with E-state index in [0.29, 0.717) is 23.5 Å². The summed E-state index contributed by atoms with van der Waals surface area (Å²) < 4.78 is 5.20. The SMILES string of the molecule is COc1ccc(C2=NO[C@@H]3[C@H]4C[C@@H](C[C@H]4C(C)=O)[C@@H]23)cc1. The number of Topliss-reactive ketones (excluding diaryl/α,β-unsaturated/α-hetero) is 1. The summed E-state index contributed by atoms with van der Waals surface area (Å²) in [6.45, 7) is 1.71. The largest absolute Gasteiger partial charge is 0.497 e. The van der Waals surface area contributed by atoms with Crippen LogP contribution in [0, 0.1) is 23.7 Å². The summed E-state index contributed by atoms with van der Waals surface area (Å²) in [5, 5.41) is 4.35. The van der Waals surface area contributed by atoms with Crippen molar-refractivity contribution >= 4 is 11.5 Å². The average Bonchev–Trinajstić information content (AvgIpc) is 3.18. The van der Waals surface area contributed by atoms with Crippen LogP contribution in [0.5, 0.6) is 5.75 Å². The Balaban J connectivity index is 1.59. The fourth-order valence-corrected chi connectivity index (χ4v) is 4.48. The molecule has 2 bridgehead atoms. The average molecular weight is 285 g/mol. The van der Waals surface area contributed by atoms with Gasteiger partial charge >= 0.3 is 0 Å². The second kappa shape index (κ2) is 4.58. The van der Waals surface area contributed by atoms with E-state index in [1.165, 1.54) is 0 Å². The molecule has 4 heteroatoms. The molecule has 4 rings (SSSR count). The van der Waals surface area contributed by atoms with Crippen LogP contribution in [0.1, 0.15) is 25.3 Å². The molecule has 0 amide bonds. The Kier molecular flexibility index (Phi) is 2.81. The van der Waals surface area contributed by atoms with E-state index in [4.69, 9.17) is 9.57 Å².